The van der Waals surface area contributed by atoms with Crippen LogP contribution in [0.4, 0.5) is 9.18 Å². The number of imide groups is 1. The first-order chi connectivity index (χ1) is 12.3. The van der Waals surface area contributed by atoms with Crippen LogP contribution >= 0.6 is 0 Å². The lowest BCUT2D eigenvalue weighted by Gasteiger charge is -2.10. The fourth-order valence-corrected chi connectivity index (χ4v) is 2.08. The molecule has 136 valence electrons. The molecule has 0 heterocycles. The lowest BCUT2D eigenvalue weighted by molar-refractivity contribution is -0.122. The highest BCUT2D eigenvalue weighted by atomic mass is 19.1. The standard InChI is InChI=1S/C19H19FN2O4/c1-12(2)21-19(25)22-17(23)11-26-16-9-5-14(6-10-16)18(24)13-3-7-15(20)8-4-13/h3-10,12H,11H2,1-2H3,(H2,21,22,23,25). The highest BCUT2D eigenvalue weighted by Gasteiger charge is 2.11. The number of rotatable bonds is 6. The maximum atomic E-state index is 12.9. The monoisotopic (exact) mass is 358 g/mol. The van der Waals surface area contributed by atoms with Crippen LogP contribution in [0.3, 0.4) is 0 Å². The van der Waals surface area contributed by atoms with Crippen molar-refractivity contribution in [2.24, 2.45) is 0 Å². The predicted octanol–water partition coefficient (Wildman–Crippen LogP) is 2.67. The summed E-state index contributed by atoms with van der Waals surface area (Å²) in [6.07, 6.45) is 0. The third kappa shape index (κ3) is 5.70. The van der Waals surface area contributed by atoms with Crippen molar-refractivity contribution < 1.29 is 23.5 Å². The minimum absolute atomic E-state index is 0.0880. The molecule has 26 heavy (non-hydrogen) atoms. The minimum Gasteiger partial charge on any atom is -0.484 e. The second-order valence-corrected chi connectivity index (χ2v) is 5.83. The molecule has 0 unspecified atom stereocenters. The number of amides is 3. The summed E-state index contributed by atoms with van der Waals surface area (Å²) in [6.45, 7) is 3.21. The second-order valence-electron chi connectivity index (χ2n) is 5.83. The molecule has 0 atom stereocenters. The molecule has 2 N–H and O–H groups in total. The molecule has 0 saturated heterocycles. The zero-order chi connectivity index (χ0) is 19.1. The molecule has 0 fully saturated rings. The van der Waals surface area contributed by atoms with E-state index >= 15 is 0 Å². The quantitative estimate of drug-likeness (QED) is 0.778. The predicted molar refractivity (Wildman–Crippen MR) is 93.6 cm³/mol. The fourth-order valence-electron chi connectivity index (χ4n) is 2.08. The van der Waals surface area contributed by atoms with Gasteiger partial charge in [0.15, 0.2) is 12.4 Å². The summed E-state index contributed by atoms with van der Waals surface area (Å²) >= 11 is 0. The summed E-state index contributed by atoms with van der Waals surface area (Å²) in [4.78, 5) is 35.3. The van der Waals surface area contributed by atoms with Gasteiger partial charge in [0.05, 0.1) is 0 Å². The summed E-state index contributed by atoms with van der Waals surface area (Å²) in [5.41, 5.74) is 0.778. The number of hydrogen-bond acceptors (Lipinski definition) is 4. The molecule has 3 amide bonds. The zero-order valence-corrected chi connectivity index (χ0v) is 14.4. The SMILES string of the molecule is CC(C)NC(=O)NC(=O)COc1ccc(C(=O)c2ccc(F)cc2)cc1. The van der Waals surface area contributed by atoms with E-state index in [2.05, 4.69) is 10.6 Å². The van der Waals surface area contributed by atoms with E-state index < -0.39 is 17.8 Å². The first-order valence-electron chi connectivity index (χ1n) is 7.98. The number of carbonyl (C=O) groups is 3. The highest BCUT2D eigenvalue weighted by molar-refractivity contribution is 6.09. The van der Waals surface area contributed by atoms with Gasteiger partial charge in [-0.3, -0.25) is 14.9 Å². The molecule has 0 spiro atoms. The Kier molecular flexibility index (Phi) is 6.43. The van der Waals surface area contributed by atoms with Gasteiger partial charge in [0.1, 0.15) is 11.6 Å². The summed E-state index contributed by atoms with van der Waals surface area (Å²) in [7, 11) is 0. The normalized spacial score (nSPS) is 10.3. The summed E-state index contributed by atoms with van der Waals surface area (Å²) < 4.78 is 18.2. The number of ketones is 1. The van der Waals surface area contributed by atoms with Crippen LogP contribution in [0.1, 0.15) is 29.8 Å². The molecule has 2 aromatic rings. The number of ether oxygens (including phenoxy) is 1. The van der Waals surface area contributed by atoms with Crippen LogP contribution in [0.25, 0.3) is 0 Å². The molecule has 2 aromatic carbocycles. The molecule has 0 aliphatic rings. The van der Waals surface area contributed by atoms with E-state index in [0.717, 1.165) is 0 Å². The van der Waals surface area contributed by atoms with Crippen molar-refractivity contribution in [3.8, 4) is 5.75 Å². The van der Waals surface area contributed by atoms with E-state index in [9.17, 15) is 18.8 Å². The lowest BCUT2D eigenvalue weighted by atomic mass is 10.0. The number of urea groups is 1. The van der Waals surface area contributed by atoms with Gasteiger partial charge >= 0.3 is 6.03 Å². The van der Waals surface area contributed by atoms with Crippen LogP contribution in [0.2, 0.25) is 0 Å². The van der Waals surface area contributed by atoms with E-state index in [1.54, 1.807) is 26.0 Å². The maximum absolute atomic E-state index is 12.9. The van der Waals surface area contributed by atoms with Gasteiger partial charge in [-0.1, -0.05) is 0 Å². The first-order valence-corrected chi connectivity index (χ1v) is 7.98. The Balaban J connectivity index is 1.89. The number of halogens is 1. The average molecular weight is 358 g/mol. The van der Waals surface area contributed by atoms with E-state index in [1.165, 1.54) is 36.4 Å². The second kappa shape index (κ2) is 8.75. The van der Waals surface area contributed by atoms with Gasteiger partial charge in [0, 0.05) is 17.2 Å². The molecule has 0 radical (unpaired) electrons. The summed E-state index contributed by atoms with van der Waals surface area (Å²) in [5, 5.41) is 4.66. The fraction of sp³-hybridized carbons (Fsp3) is 0.211. The van der Waals surface area contributed by atoms with Gasteiger partial charge in [-0.05, 0) is 62.4 Å². The van der Waals surface area contributed by atoms with Crippen molar-refractivity contribution in [2.45, 2.75) is 19.9 Å². The largest absolute Gasteiger partial charge is 0.484 e. The van der Waals surface area contributed by atoms with Gasteiger partial charge in [-0.2, -0.15) is 0 Å². The molecule has 0 aliphatic carbocycles. The van der Waals surface area contributed by atoms with Gasteiger partial charge in [0.2, 0.25) is 0 Å². The Morgan fingerprint density at radius 1 is 0.962 bits per heavy atom. The number of hydrogen-bond donors (Lipinski definition) is 2. The van der Waals surface area contributed by atoms with Gasteiger partial charge < -0.3 is 10.1 Å². The molecule has 0 aliphatic heterocycles. The van der Waals surface area contributed by atoms with Crippen molar-refractivity contribution in [3.05, 3.63) is 65.5 Å². The smallest absolute Gasteiger partial charge is 0.321 e. The summed E-state index contributed by atoms with van der Waals surface area (Å²) in [6, 6.07) is 10.8. The van der Waals surface area contributed by atoms with E-state index in [-0.39, 0.29) is 18.4 Å². The summed E-state index contributed by atoms with van der Waals surface area (Å²) in [5.74, 6) is -0.875. The molecule has 7 heteroatoms. The van der Waals surface area contributed by atoms with Crippen molar-refractivity contribution >= 4 is 17.7 Å². The van der Waals surface area contributed by atoms with Crippen molar-refractivity contribution in [1.29, 1.82) is 0 Å². The van der Waals surface area contributed by atoms with Crippen molar-refractivity contribution in [3.63, 3.8) is 0 Å². The van der Waals surface area contributed by atoms with Crippen LogP contribution < -0.4 is 15.4 Å². The number of benzene rings is 2. The van der Waals surface area contributed by atoms with Crippen LogP contribution in [-0.4, -0.2) is 30.4 Å². The Labute approximate surface area is 150 Å². The number of nitrogens with one attached hydrogen (secondary N) is 2. The third-order valence-corrected chi connectivity index (χ3v) is 3.27. The van der Waals surface area contributed by atoms with E-state index in [4.69, 9.17) is 4.74 Å². The van der Waals surface area contributed by atoms with E-state index in [1.807, 2.05) is 0 Å². The van der Waals surface area contributed by atoms with Crippen LogP contribution in [-0.2, 0) is 4.79 Å². The topological polar surface area (TPSA) is 84.5 Å². The van der Waals surface area contributed by atoms with Crippen molar-refractivity contribution in [1.82, 2.24) is 10.6 Å². The van der Waals surface area contributed by atoms with E-state index in [0.29, 0.717) is 16.9 Å². The lowest BCUT2D eigenvalue weighted by Crippen LogP contribution is -2.44. The maximum Gasteiger partial charge on any atom is 0.321 e. The minimum atomic E-state index is -0.589. The molecule has 0 bridgehead atoms. The Bertz CT molecular complexity index is 786. The average Bonchev–Trinajstić information content (AvgIpc) is 2.59. The Morgan fingerprint density at radius 3 is 2.04 bits per heavy atom. The third-order valence-electron chi connectivity index (χ3n) is 3.27. The molecule has 0 saturated carbocycles. The molecular weight excluding hydrogens is 339 g/mol. The molecule has 0 aromatic heterocycles. The highest BCUT2D eigenvalue weighted by Crippen LogP contribution is 2.16. The van der Waals surface area contributed by atoms with Gasteiger partial charge in [-0.25, -0.2) is 9.18 Å². The number of carbonyl (C=O) groups excluding carboxylic acids is 3. The zero-order valence-electron chi connectivity index (χ0n) is 14.4. The van der Waals surface area contributed by atoms with Crippen LogP contribution in [0.15, 0.2) is 48.5 Å². The molecular formula is C19H19FN2O4. The molecule has 2 rings (SSSR count). The Hall–Kier alpha value is -3.22. The van der Waals surface area contributed by atoms with Crippen LogP contribution in [0.5, 0.6) is 5.75 Å². The Morgan fingerprint density at radius 2 is 1.50 bits per heavy atom. The van der Waals surface area contributed by atoms with Crippen LogP contribution in [0, 0.1) is 5.82 Å². The van der Waals surface area contributed by atoms with Gasteiger partial charge in [-0.15, -0.1) is 0 Å². The first kappa shape index (κ1) is 19.1. The van der Waals surface area contributed by atoms with Gasteiger partial charge in [0.25, 0.3) is 5.91 Å². The van der Waals surface area contributed by atoms with Crippen molar-refractivity contribution in [2.75, 3.05) is 6.61 Å². The molecule has 6 nitrogen and oxygen atoms in total.